The van der Waals surface area contributed by atoms with Gasteiger partial charge in [-0.2, -0.15) is 5.26 Å². The van der Waals surface area contributed by atoms with Crippen LogP contribution < -0.4 is 5.32 Å². The smallest absolute Gasteiger partial charge is 0.321 e. The summed E-state index contributed by atoms with van der Waals surface area (Å²) >= 11 is 0. The predicted octanol–water partition coefficient (Wildman–Crippen LogP) is 4.68. The number of hydrogen-bond donors (Lipinski definition) is 2. The maximum atomic E-state index is 13.1. The molecule has 2 N–H and O–H groups in total. The zero-order valence-electron chi connectivity index (χ0n) is 19.7. The first-order valence-electron chi connectivity index (χ1n) is 12.3. The van der Waals surface area contributed by atoms with Gasteiger partial charge in [0.25, 0.3) is 0 Å². The van der Waals surface area contributed by atoms with Crippen LogP contribution in [0.3, 0.4) is 0 Å². The lowest BCUT2D eigenvalue weighted by Crippen LogP contribution is -2.68. The molecule has 2 fully saturated rings. The number of urea groups is 1. The molecular weight excluding hydrogens is 436 g/mol. The van der Waals surface area contributed by atoms with Crippen LogP contribution in [-0.2, 0) is 0 Å². The van der Waals surface area contributed by atoms with E-state index in [1.165, 1.54) is 5.56 Å². The molecular formula is C29H30N4O2. The summed E-state index contributed by atoms with van der Waals surface area (Å²) in [5.41, 5.74) is 4.69. The number of benzene rings is 3. The minimum atomic E-state index is -0.0722. The van der Waals surface area contributed by atoms with Gasteiger partial charge in [0.1, 0.15) is 0 Å². The van der Waals surface area contributed by atoms with Gasteiger partial charge in [-0.25, -0.2) is 4.79 Å². The molecule has 2 aliphatic rings. The van der Waals surface area contributed by atoms with Crippen molar-refractivity contribution < 1.29 is 9.90 Å². The fourth-order valence-corrected chi connectivity index (χ4v) is 5.51. The number of nitrogens with zero attached hydrogens (tertiary/aromatic N) is 3. The number of hydrogen-bond acceptors (Lipinski definition) is 4. The number of fused-ring (bicyclic) bond motifs is 1. The summed E-state index contributed by atoms with van der Waals surface area (Å²) in [4.78, 5) is 17.4. The van der Waals surface area contributed by atoms with E-state index >= 15 is 0 Å². The van der Waals surface area contributed by atoms with Crippen molar-refractivity contribution in [3.8, 4) is 17.2 Å². The molecule has 6 heteroatoms. The van der Waals surface area contributed by atoms with Crippen LogP contribution in [0.15, 0.2) is 78.9 Å². The average molecular weight is 467 g/mol. The number of nitrogens with one attached hydrogen (secondary N) is 1. The molecule has 178 valence electrons. The van der Waals surface area contributed by atoms with Crippen molar-refractivity contribution in [3.63, 3.8) is 0 Å². The van der Waals surface area contributed by atoms with Crippen LogP contribution >= 0.6 is 0 Å². The second-order valence-electron chi connectivity index (χ2n) is 9.34. The first kappa shape index (κ1) is 23.1. The number of amides is 2. The van der Waals surface area contributed by atoms with Gasteiger partial charge < -0.3 is 15.3 Å². The standard InChI is InChI=1S/C29H30N4O2/c30-18-21-7-6-8-24(17-21)22-11-13-23(14-12-22)28-26-19-32(15-4-5-16-33(26)27(28)20-34)29(35)31-25-9-2-1-3-10-25/h1-3,6-14,17,26-28,34H,4-5,15-16,19-20H2,(H,31,35)/t26-,27-,28-/m0/s1. The summed E-state index contributed by atoms with van der Waals surface area (Å²) in [6.45, 7) is 2.41. The van der Waals surface area contributed by atoms with Crippen molar-refractivity contribution in [1.29, 1.82) is 5.26 Å². The molecule has 2 saturated heterocycles. The van der Waals surface area contributed by atoms with Crippen LogP contribution in [0.25, 0.3) is 11.1 Å². The van der Waals surface area contributed by atoms with E-state index < -0.39 is 0 Å². The number of carbonyl (C=O) groups is 1. The Kier molecular flexibility index (Phi) is 6.80. The molecule has 2 amide bonds. The maximum Gasteiger partial charge on any atom is 0.321 e. The van der Waals surface area contributed by atoms with Crippen molar-refractivity contribution in [3.05, 3.63) is 90.0 Å². The Labute approximate surface area is 206 Å². The van der Waals surface area contributed by atoms with Crippen molar-refractivity contribution >= 4 is 11.7 Å². The highest BCUT2D eigenvalue weighted by atomic mass is 16.3. The summed E-state index contributed by atoms with van der Waals surface area (Å²) in [5.74, 6) is 0.157. The van der Waals surface area contributed by atoms with E-state index in [9.17, 15) is 15.2 Å². The van der Waals surface area contributed by atoms with Crippen LogP contribution in [0.5, 0.6) is 0 Å². The summed E-state index contributed by atoms with van der Waals surface area (Å²) in [6, 6.07) is 28.0. The zero-order chi connectivity index (χ0) is 24.2. The Balaban J connectivity index is 1.35. The second-order valence-corrected chi connectivity index (χ2v) is 9.34. The van der Waals surface area contributed by atoms with E-state index in [0.29, 0.717) is 12.1 Å². The van der Waals surface area contributed by atoms with Crippen molar-refractivity contribution in [2.75, 3.05) is 31.6 Å². The molecule has 0 aromatic heterocycles. The molecule has 0 saturated carbocycles. The largest absolute Gasteiger partial charge is 0.395 e. The average Bonchev–Trinajstić information content (AvgIpc) is 2.88. The molecule has 2 heterocycles. The SMILES string of the molecule is N#Cc1cccc(-c2ccc([C@@H]3[C@H](CO)N4CCCCN(C(=O)Nc5ccccc5)C[C@@H]34)cc2)c1. The summed E-state index contributed by atoms with van der Waals surface area (Å²) in [7, 11) is 0. The van der Waals surface area contributed by atoms with Crippen LogP contribution in [0.2, 0.25) is 0 Å². The number of rotatable bonds is 4. The molecule has 0 radical (unpaired) electrons. The van der Waals surface area contributed by atoms with Gasteiger partial charge in [0.15, 0.2) is 0 Å². The van der Waals surface area contributed by atoms with E-state index in [1.807, 2.05) is 53.4 Å². The molecule has 6 nitrogen and oxygen atoms in total. The number of para-hydroxylation sites is 1. The highest BCUT2D eigenvalue weighted by molar-refractivity contribution is 5.89. The first-order chi connectivity index (χ1) is 17.2. The summed E-state index contributed by atoms with van der Waals surface area (Å²) in [6.07, 6.45) is 1.95. The number of aliphatic hydroxyl groups excluding tert-OH is 1. The van der Waals surface area contributed by atoms with Gasteiger partial charge in [0.2, 0.25) is 0 Å². The van der Waals surface area contributed by atoms with Gasteiger partial charge in [-0.1, -0.05) is 54.6 Å². The maximum absolute atomic E-state index is 13.1. The number of carbonyl (C=O) groups excluding carboxylic acids is 1. The van der Waals surface area contributed by atoms with E-state index in [2.05, 4.69) is 40.6 Å². The van der Waals surface area contributed by atoms with Crippen LogP contribution in [0, 0.1) is 11.3 Å². The second kappa shape index (κ2) is 10.3. The molecule has 0 spiro atoms. The minimum Gasteiger partial charge on any atom is -0.395 e. The van der Waals surface area contributed by atoms with Gasteiger partial charge in [-0.3, -0.25) is 4.90 Å². The molecule has 0 bridgehead atoms. The zero-order valence-corrected chi connectivity index (χ0v) is 19.7. The number of anilines is 1. The van der Waals surface area contributed by atoms with Crippen LogP contribution in [0.1, 0.15) is 29.9 Å². The Bertz CT molecular complexity index is 1210. The monoisotopic (exact) mass is 466 g/mol. The van der Waals surface area contributed by atoms with Crippen molar-refractivity contribution in [2.24, 2.45) is 0 Å². The Morgan fingerprint density at radius 1 is 0.971 bits per heavy atom. The molecule has 5 rings (SSSR count). The van der Waals surface area contributed by atoms with Crippen molar-refractivity contribution in [2.45, 2.75) is 30.8 Å². The number of aliphatic hydroxyl groups is 1. The van der Waals surface area contributed by atoms with E-state index in [-0.39, 0.29) is 30.6 Å². The Morgan fingerprint density at radius 3 is 2.49 bits per heavy atom. The fraction of sp³-hybridized carbons (Fsp3) is 0.310. The Morgan fingerprint density at radius 2 is 1.74 bits per heavy atom. The normalized spacial score (nSPS) is 22.2. The molecule has 3 atom stereocenters. The third-order valence-electron chi connectivity index (χ3n) is 7.30. The fourth-order valence-electron chi connectivity index (χ4n) is 5.51. The summed E-state index contributed by atoms with van der Waals surface area (Å²) < 4.78 is 0. The van der Waals surface area contributed by atoms with Gasteiger partial charge in [-0.15, -0.1) is 0 Å². The quantitative estimate of drug-likeness (QED) is 0.585. The molecule has 0 unspecified atom stereocenters. The van der Waals surface area contributed by atoms with E-state index in [1.54, 1.807) is 6.07 Å². The van der Waals surface area contributed by atoms with Gasteiger partial charge in [0.05, 0.1) is 18.2 Å². The highest BCUT2D eigenvalue weighted by Gasteiger charge is 2.49. The van der Waals surface area contributed by atoms with Gasteiger partial charge in [-0.05, 0) is 60.3 Å². The minimum absolute atomic E-state index is 0.0601. The molecule has 3 aromatic rings. The number of nitriles is 1. The topological polar surface area (TPSA) is 79.6 Å². The lowest BCUT2D eigenvalue weighted by Gasteiger charge is -2.57. The third-order valence-corrected chi connectivity index (χ3v) is 7.30. The third kappa shape index (κ3) is 4.79. The van der Waals surface area contributed by atoms with Crippen LogP contribution in [0.4, 0.5) is 10.5 Å². The molecule has 35 heavy (non-hydrogen) atoms. The van der Waals surface area contributed by atoms with Gasteiger partial charge >= 0.3 is 6.03 Å². The molecule has 0 aliphatic carbocycles. The first-order valence-corrected chi connectivity index (χ1v) is 12.3. The van der Waals surface area contributed by atoms with E-state index in [4.69, 9.17) is 0 Å². The van der Waals surface area contributed by atoms with Gasteiger partial charge in [0, 0.05) is 36.8 Å². The van der Waals surface area contributed by atoms with E-state index in [0.717, 1.165) is 42.7 Å². The lowest BCUT2D eigenvalue weighted by atomic mass is 9.74. The summed E-state index contributed by atoms with van der Waals surface area (Å²) in [5, 5.41) is 22.5. The highest BCUT2D eigenvalue weighted by Crippen LogP contribution is 2.42. The van der Waals surface area contributed by atoms with Crippen molar-refractivity contribution in [1.82, 2.24) is 9.80 Å². The predicted molar refractivity (Wildman–Crippen MR) is 137 cm³/mol. The molecule has 3 aromatic carbocycles. The lowest BCUT2D eigenvalue weighted by molar-refractivity contribution is -0.0585. The van der Waals surface area contributed by atoms with Crippen LogP contribution in [-0.4, -0.2) is 59.3 Å². The Hall–Kier alpha value is -3.66. The molecule has 2 aliphatic heterocycles.